The fourth-order valence-corrected chi connectivity index (χ4v) is 3.16. The Labute approximate surface area is 153 Å². The van der Waals surface area contributed by atoms with Crippen molar-refractivity contribution in [1.29, 1.82) is 0 Å². The van der Waals surface area contributed by atoms with Crippen LogP contribution in [-0.4, -0.2) is 9.97 Å². The van der Waals surface area contributed by atoms with Gasteiger partial charge in [-0.2, -0.15) is 0 Å². The van der Waals surface area contributed by atoms with E-state index in [0.29, 0.717) is 0 Å². The quantitative estimate of drug-likeness (QED) is 0.493. The van der Waals surface area contributed by atoms with E-state index < -0.39 is 0 Å². The van der Waals surface area contributed by atoms with E-state index in [1.807, 2.05) is 36.9 Å². The number of nitrogens with zero attached hydrogens (tertiary/aromatic N) is 2. The van der Waals surface area contributed by atoms with Crippen LogP contribution in [0.4, 0.5) is 0 Å². The summed E-state index contributed by atoms with van der Waals surface area (Å²) in [6.45, 7) is 0. The zero-order valence-corrected chi connectivity index (χ0v) is 14.3. The van der Waals surface area contributed by atoms with E-state index in [2.05, 4.69) is 82.8 Å². The van der Waals surface area contributed by atoms with Gasteiger partial charge >= 0.3 is 0 Å². The molecule has 2 heterocycles. The summed E-state index contributed by atoms with van der Waals surface area (Å²) in [4.78, 5) is 8.38. The van der Waals surface area contributed by atoms with Crippen LogP contribution in [0, 0.1) is 0 Å². The average molecular weight is 334 g/mol. The Bertz CT molecular complexity index is 825. The third-order valence-electron chi connectivity index (χ3n) is 4.31. The van der Waals surface area contributed by atoms with Crippen molar-refractivity contribution in [2.75, 3.05) is 0 Å². The summed E-state index contributed by atoms with van der Waals surface area (Å²) >= 11 is 0. The van der Waals surface area contributed by atoms with Crippen LogP contribution in [0.2, 0.25) is 0 Å². The Balaban J connectivity index is 2.09. The highest BCUT2D eigenvalue weighted by Crippen LogP contribution is 2.36. The molecule has 4 aromatic rings. The molecule has 2 nitrogen and oxygen atoms in total. The molecule has 2 aromatic heterocycles. The maximum absolute atomic E-state index is 4.19. The number of hydrogen-bond acceptors (Lipinski definition) is 2. The smallest absolute Gasteiger partial charge is 0.0273 e. The van der Waals surface area contributed by atoms with Crippen LogP contribution in [0.15, 0.2) is 110 Å². The van der Waals surface area contributed by atoms with E-state index in [1.54, 1.807) is 0 Å². The topological polar surface area (TPSA) is 25.8 Å². The minimum Gasteiger partial charge on any atom is -0.265 e. The predicted molar refractivity (Wildman–Crippen MR) is 106 cm³/mol. The van der Waals surface area contributed by atoms with Gasteiger partial charge in [0.05, 0.1) is 0 Å². The van der Waals surface area contributed by atoms with E-state index in [4.69, 9.17) is 0 Å². The number of aromatic nitrogens is 2. The van der Waals surface area contributed by atoms with Gasteiger partial charge in [-0.1, -0.05) is 60.7 Å². The number of hydrogen-bond donors (Lipinski definition) is 0. The molecule has 0 atom stereocenters. The first-order valence-corrected chi connectivity index (χ1v) is 8.59. The normalized spacial score (nSPS) is 10.3. The van der Waals surface area contributed by atoms with Crippen molar-refractivity contribution < 1.29 is 0 Å². The van der Waals surface area contributed by atoms with Crippen LogP contribution in [0.5, 0.6) is 0 Å². The number of pyridine rings is 2. The summed E-state index contributed by atoms with van der Waals surface area (Å²) in [5, 5.41) is 0. The zero-order valence-electron chi connectivity index (χ0n) is 14.3. The molecule has 0 fully saturated rings. The van der Waals surface area contributed by atoms with Gasteiger partial charge in [0.2, 0.25) is 0 Å². The molecule has 124 valence electrons. The van der Waals surface area contributed by atoms with Gasteiger partial charge in [-0.3, -0.25) is 9.97 Å². The fourth-order valence-electron chi connectivity index (χ4n) is 3.16. The molecule has 2 aromatic carbocycles. The second kappa shape index (κ2) is 7.58. The van der Waals surface area contributed by atoms with Gasteiger partial charge in [0.25, 0.3) is 0 Å². The van der Waals surface area contributed by atoms with Crippen molar-refractivity contribution in [2.45, 2.75) is 0 Å². The number of rotatable bonds is 4. The average Bonchev–Trinajstić information content (AvgIpc) is 2.74. The van der Waals surface area contributed by atoms with Gasteiger partial charge in [0.1, 0.15) is 0 Å². The first kappa shape index (κ1) is 16.0. The van der Waals surface area contributed by atoms with E-state index in [0.717, 1.165) is 11.1 Å². The van der Waals surface area contributed by atoms with Crippen molar-refractivity contribution in [2.24, 2.45) is 0 Å². The highest BCUT2D eigenvalue weighted by molar-refractivity contribution is 6.04. The van der Waals surface area contributed by atoms with Crippen molar-refractivity contribution in [3.8, 4) is 0 Å². The maximum Gasteiger partial charge on any atom is 0.0273 e. The van der Waals surface area contributed by atoms with E-state index >= 15 is 0 Å². The summed E-state index contributed by atoms with van der Waals surface area (Å²) < 4.78 is 0. The molecular weight excluding hydrogens is 316 g/mol. The van der Waals surface area contributed by atoms with E-state index in [9.17, 15) is 0 Å². The van der Waals surface area contributed by atoms with Gasteiger partial charge < -0.3 is 0 Å². The Morgan fingerprint density at radius 2 is 0.692 bits per heavy atom. The molecule has 0 bridgehead atoms. The SMILES string of the molecule is c1ccc(C(=C(c2ccncc2)c2ccncc2)c2ccccc2)cc1. The summed E-state index contributed by atoms with van der Waals surface area (Å²) in [7, 11) is 0. The van der Waals surface area contributed by atoms with Crippen LogP contribution in [0.3, 0.4) is 0 Å². The van der Waals surface area contributed by atoms with Gasteiger partial charge in [-0.25, -0.2) is 0 Å². The molecule has 0 aliphatic rings. The van der Waals surface area contributed by atoms with Crippen molar-refractivity contribution >= 4 is 11.1 Å². The molecule has 0 saturated carbocycles. The minimum atomic E-state index is 1.13. The summed E-state index contributed by atoms with van der Waals surface area (Å²) in [6.07, 6.45) is 7.35. The van der Waals surface area contributed by atoms with Gasteiger partial charge in [-0.15, -0.1) is 0 Å². The fraction of sp³-hybridized carbons (Fsp3) is 0. The first-order valence-electron chi connectivity index (χ1n) is 8.59. The van der Waals surface area contributed by atoms with Crippen molar-refractivity contribution in [3.63, 3.8) is 0 Å². The largest absolute Gasteiger partial charge is 0.265 e. The summed E-state index contributed by atoms with van der Waals surface area (Å²) in [6, 6.07) is 29.3. The molecule has 0 aliphatic carbocycles. The second-order valence-electron chi connectivity index (χ2n) is 5.95. The molecule has 2 heteroatoms. The van der Waals surface area contributed by atoms with Crippen LogP contribution in [-0.2, 0) is 0 Å². The molecule has 0 saturated heterocycles. The van der Waals surface area contributed by atoms with Crippen LogP contribution < -0.4 is 0 Å². The lowest BCUT2D eigenvalue weighted by atomic mass is 9.86. The lowest BCUT2D eigenvalue weighted by Gasteiger charge is -2.17. The van der Waals surface area contributed by atoms with Crippen molar-refractivity contribution in [3.05, 3.63) is 132 Å². The summed E-state index contributed by atoms with van der Waals surface area (Å²) in [5.41, 5.74) is 7.00. The van der Waals surface area contributed by atoms with Crippen molar-refractivity contribution in [1.82, 2.24) is 9.97 Å². The predicted octanol–water partition coefficient (Wildman–Crippen LogP) is 5.48. The Morgan fingerprint density at radius 1 is 0.385 bits per heavy atom. The molecule has 0 aliphatic heterocycles. The minimum absolute atomic E-state index is 1.13. The van der Waals surface area contributed by atoms with E-state index in [-0.39, 0.29) is 0 Å². The Morgan fingerprint density at radius 3 is 1.04 bits per heavy atom. The van der Waals surface area contributed by atoms with Crippen LogP contribution in [0.1, 0.15) is 22.3 Å². The molecule has 4 rings (SSSR count). The summed E-state index contributed by atoms with van der Waals surface area (Å²) in [5.74, 6) is 0. The van der Waals surface area contributed by atoms with Gasteiger partial charge in [0.15, 0.2) is 0 Å². The lowest BCUT2D eigenvalue weighted by Crippen LogP contribution is -1.97. The van der Waals surface area contributed by atoms with Gasteiger partial charge in [0, 0.05) is 24.8 Å². The number of benzene rings is 2. The highest BCUT2D eigenvalue weighted by Gasteiger charge is 2.15. The monoisotopic (exact) mass is 334 g/mol. The lowest BCUT2D eigenvalue weighted by molar-refractivity contribution is 1.30. The molecule has 0 N–H and O–H groups in total. The second-order valence-corrected chi connectivity index (χ2v) is 5.95. The molecule has 0 radical (unpaired) electrons. The molecule has 0 spiro atoms. The molecular formula is C24H18N2. The molecule has 0 unspecified atom stereocenters. The first-order chi connectivity index (χ1) is 12.9. The van der Waals surface area contributed by atoms with Gasteiger partial charge in [-0.05, 0) is 57.7 Å². The standard InChI is InChI=1S/C24H18N2/c1-3-7-19(8-4-1)23(20-9-5-2-6-10-20)24(21-11-15-25-16-12-21)22-13-17-26-18-14-22/h1-18H. The third kappa shape index (κ3) is 3.31. The molecule has 0 amide bonds. The maximum atomic E-state index is 4.19. The zero-order chi connectivity index (χ0) is 17.6. The van der Waals surface area contributed by atoms with E-state index in [1.165, 1.54) is 22.3 Å². The Kier molecular flexibility index (Phi) is 4.66. The van der Waals surface area contributed by atoms with Crippen LogP contribution >= 0.6 is 0 Å². The Hall–Kier alpha value is -3.52. The highest BCUT2D eigenvalue weighted by atomic mass is 14.6. The molecule has 26 heavy (non-hydrogen) atoms. The van der Waals surface area contributed by atoms with Crippen LogP contribution in [0.25, 0.3) is 11.1 Å². The third-order valence-corrected chi connectivity index (χ3v) is 4.31.